The first-order valence-electron chi connectivity index (χ1n) is 7.66. The third-order valence-electron chi connectivity index (χ3n) is 4.96. The van der Waals surface area contributed by atoms with Crippen molar-refractivity contribution in [3.63, 3.8) is 0 Å². The summed E-state index contributed by atoms with van der Waals surface area (Å²) in [7, 11) is -0.809. The molecule has 1 N–H and O–H groups in total. The fourth-order valence-electron chi connectivity index (χ4n) is 2.99. The van der Waals surface area contributed by atoms with Gasteiger partial charge >= 0.3 is 0 Å². The molecule has 120 valence electrons. The maximum Gasteiger partial charge on any atom is 0.148 e. The molecule has 0 saturated heterocycles. The van der Waals surface area contributed by atoms with Crippen LogP contribution in [0.15, 0.2) is 0 Å². The summed E-state index contributed by atoms with van der Waals surface area (Å²) in [6.45, 7) is 7.02. The van der Waals surface area contributed by atoms with Crippen LogP contribution in [-0.4, -0.2) is 44.5 Å². The van der Waals surface area contributed by atoms with E-state index in [1.54, 1.807) is 0 Å². The summed E-state index contributed by atoms with van der Waals surface area (Å²) in [5.41, 5.74) is 0.397. The second-order valence-electron chi connectivity index (χ2n) is 6.79. The molecule has 5 heteroatoms. The van der Waals surface area contributed by atoms with E-state index in [9.17, 15) is 8.42 Å². The molecule has 0 radical (unpaired) electrons. The Bertz CT molecular complexity index is 393. The first-order chi connectivity index (χ1) is 9.19. The smallest absolute Gasteiger partial charge is 0.148 e. The third kappa shape index (κ3) is 5.57. The molecule has 3 atom stereocenters. The van der Waals surface area contributed by atoms with E-state index in [1.165, 1.54) is 31.9 Å². The molecular formula is C15H31NO2S2. The Hall–Kier alpha value is 0.260. The summed E-state index contributed by atoms with van der Waals surface area (Å²) in [4.78, 5) is 0. The number of sulfone groups is 1. The van der Waals surface area contributed by atoms with Crippen LogP contribution >= 0.6 is 11.8 Å². The van der Waals surface area contributed by atoms with Crippen LogP contribution in [0, 0.1) is 11.3 Å². The Kier molecular flexibility index (Phi) is 6.87. The predicted molar refractivity (Wildman–Crippen MR) is 90.2 cm³/mol. The molecule has 0 aliphatic heterocycles. The highest BCUT2D eigenvalue weighted by Crippen LogP contribution is 2.43. The monoisotopic (exact) mass is 321 g/mol. The highest BCUT2D eigenvalue weighted by molar-refractivity contribution is 8.01. The SMILES string of the molecule is CCC(C)(C)C1CCC(NC)C(SCCS(C)(=O)=O)C1. The molecule has 3 unspecified atom stereocenters. The van der Waals surface area contributed by atoms with E-state index < -0.39 is 9.84 Å². The number of hydrogen-bond acceptors (Lipinski definition) is 4. The second kappa shape index (κ2) is 7.50. The fourth-order valence-corrected chi connectivity index (χ4v) is 5.76. The van der Waals surface area contributed by atoms with Gasteiger partial charge in [0.1, 0.15) is 9.84 Å². The first-order valence-corrected chi connectivity index (χ1v) is 10.8. The van der Waals surface area contributed by atoms with Gasteiger partial charge in [-0.05, 0) is 37.6 Å². The summed E-state index contributed by atoms with van der Waals surface area (Å²) >= 11 is 1.85. The minimum absolute atomic E-state index is 0.298. The Morgan fingerprint density at radius 1 is 1.30 bits per heavy atom. The highest BCUT2D eigenvalue weighted by atomic mass is 32.2. The van der Waals surface area contributed by atoms with Crippen molar-refractivity contribution in [1.82, 2.24) is 5.32 Å². The topological polar surface area (TPSA) is 46.2 Å². The number of hydrogen-bond donors (Lipinski definition) is 1. The quantitative estimate of drug-likeness (QED) is 0.783. The predicted octanol–water partition coefficient (Wildman–Crippen LogP) is 2.96. The van der Waals surface area contributed by atoms with E-state index in [0.717, 1.165) is 11.7 Å². The normalized spacial score (nSPS) is 28.6. The highest BCUT2D eigenvalue weighted by Gasteiger charge is 2.36. The molecule has 0 aromatic rings. The minimum Gasteiger partial charge on any atom is -0.316 e. The van der Waals surface area contributed by atoms with Crippen LogP contribution in [0.3, 0.4) is 0 Å². The first kappa shape index (κ1) is 18.3. The lowest BCUT2D eigenvalue weighted by molar-refractivity contribution is 0.143. The number of thioether (sulfide) groups is 1. The van der Waals surface area contributed by atoms with Crippen LogP contribution in [0.4, 0.5) is 0 Å². The molecule has 0 bridgehead atoms. The average molecular weight is 322 g/mol. The largest absolute Gasteiger partial charge is 0.316 e. The van der Waals surface area contributed by atoms with Crippen LogP contribution in [-0.2, 0) is 9.84 Å². The van der Waals surface area contributed by atoms with Crippen molar-refractivity contribution in [1.29, 1.82) is 0 Å². The Balaban J connectivity index is 2.59. The third-order valence-corrected chi connectivity index (χ3v) is 7.56. The van der Waals surface area contributed by atoms with Gasteiger partial charge in [0.15, 0.2) is 0 Å². The zero-order chi connectivity index (χ0) is 15.4. The van der Waals surface area contributed by atoms with Gasteiger partial charge in [0.05, 0.1) is 5.75 Å². The summed E-state index contributed by atoms with van der Waals surface area (Å²) in [5, 5.41) is 3.97. The van der Waals surface area contributed by atoms with Crippen molar-refractivity contribution in [2.45, 2.75) is 57.7 Å². The van der Waals surface area contributed by atoms with Crippen molar-refractivity contribution in [2.24, 2.45) is 11.3 Å². The molecule has 1 aliphatic rings. The van der Waals surface area contributed by atoms with Crippen molar-refractivity contribution in [3.05, 3.63) is 0 Å². The minimum atomic E-state index is -2.84. The molecule has 0 aromatic carbocycles. The standard InChI is InChI=1S/C15H31NO2S2/c1-6-15(2,3)12-7-8-13(16-4)14(11-12)19-9-10-20(5,17)18/h12-14,16H,6-11H2,1-5H3. The lowest BCUT2D eigenvalue weighted by atomic mass is 9.68. The Morgan fingerprint density at radius 2 is 1.95 bits per heavy atom. The Labute approximate surface area is 129 Å². The van der Waals surface area contributed by atoms with Crippen LogP contribution in [0.2, 0.25) is 0 Å². The van der Waals surface area contributed by atoms with E-state index >= 15 is 0 Å². The van der Waals surface area contributed by atoms with Crippen LogP contribution in [0.5, 0.6) is 0 Å². The molecular weight excluding hydrogens is 290 g/mol. The fraction of sp³-hybridized carbons (Fsp3) is 1.00. The molecule has 1 aliphatic carbocycles. The zero-order valence-corrected chi connectivity index (χ0v) is 15.2. The average Bonchev–Trinajstić information content (AvgIpc) is 2.37. The summed E-state index contributed by atoms with van der Waals surface area (Å²) in [6.07, 6.45) is 6.24. The van der Waals surface area contributed by atoms with E-state index in [4.69, 9.17) is 0 Å². The van der Waals surface area contributed by atoms with Gasteiger partial charge in [-0.25, -0.2) is 8.42 Å². The van der Waals surface area contributed by atoms with Crippen LogP contribution in [0.1, 0.15) is 46.5 Å². The van der Waals surface area contributed by atoms with E-state index in [-0.39, 0.29) is 0 Å². The molecule has 1 saturated carbocycles. The van der Waals surface area contributed by atoms with Gasteiger partial charge in [-0.15, -0.1) is 0 Å². The molecule has 1 fully saturated rings. The van der Waals surface area contributed by atoms with Crippen molar-refractivity contribution < 1.29 is 8.42 Å². The summed E-state index contributed by atoms with van der Waals surface area (Å²) in [5.74, 6) is 1.78. The lowest BCUT2D eigenvalue weighted by Crippen LogP contribution is -2.44. The molecule has 1 rings (SSSR count). The van der Waals surface area contributed by atoms with E-state index in [1.807, 2.05) is 18.8 Å². The van der Waals surface area contributed by atoms with Crippen molar-refractivity contribution >= 4 is 21.6 Å². The maximum absolute atomic E-state index is 11.3. The molecule has 3 nitrogen and oxygen atoms in total. The van der Waals surface area contributed by atoms with Gasteiger partial charge in [0.25, 0.3) is 0 Å². The van der Waals surface area contributed by atoms with Crippen LogP contribution in [0.25, 0.3) is 0 Å². The van der Waals surface area contributed by atoms with Gasteiger partial charge in [-0.3, -0.25) is 0 Å². The molecule has 0 aromatic heterocycles. The van der Waals surface area contributed by atoms with Crippen molar-refractivity contribution in [2.75, 3.05) is 24.8 Å². The summed E-state index contributed by atoms with van der Waals surface area (Å²) < 4.78 is 22.5. The van der Waals surface area contributed by atoms with E-state index in [2.05, 4.69) is 26.1 Å². The van der Waals surface area contributed by atoms with Crippen molar-refractivity contribution in [3.8, 4) is 0 Å². The molecule has 0 spiro atoms. The number of nitrogens with one attached hydrogen (secondary N) is 1. The molecule has 0 amide bonds. The second-order valence-corrected chi connectivity index (χ2v) is 10.4. The molecule has 0 heterocycles. The lowest BCUT2D eigenvalue weighted by Gasteiger charge is -2.43. The van der Waals surface area contributed by atoms with Gasteiger partial charge in [0.2, 0.25) is 0 Å². The maximum atomic E-state index is 11.3. The number of rotatable bonds is 7. The van der Waals surface area contributed by atoms with E-state index in [0.29, 0.717) is 22.5 Å². The Morgan fingerprint density at radius 3 is 2.45 bits per heavy atom. The van der Waals surface area contributed by atoms with Gasteiger partial charge in [0, 0.05) is 23.3 Å². The zero-order valence-electron chi connectivity index (χ0n) is 13.6. The summed E-state index contributed by atoms with van der Waals surface area (Å²) in [6, 6.07) is 0.531. The van der Waals surface area contributed by atoms with Gasteiger partial charge in [-0.2, -0.15) is 11.8 Å². The molecule has 20 heavy (non-hydrogen) atoms. The van der Waals surface area contributed by atoms with Crippen LogP contribution < -0.4 is 5.32 Å². The van der Waals surface area contributed by atoms with Gasteiger partial charge < -0.3 is 5.32 Å². The van der Waals surface area contributed by atoms with Gasteiger partial charge in [-0.1, -0.05) is 27.2 Å².